The quantitative estimate of drug-likeness (QED) is 0.793. The first-order valence-electron chi connectivity index (χ1n) is 9.63. The number of rotatable bonds is 5. The van der Waals surface area contributed by atoms with Gasteiger partial charge in [0.2, 0.25) is 0 Å². The maximum atomic E-state index is 12.7. The molecule has 0 radical (unpaired) electrons. The maximum absolute atomic E-state index is 12.7. The zero-order chi connectivity index (χ0) is 18.5. The van der Waals surface area contributed by atoms with Gasteiger partial charge in [0.05, 0.1) is 0 Å². The van der Waals surface area contributed by atoms with Crippen LogP contribution in [0.2, 0.25) is 0 Å². The number of benzene rings is 2. The van der Waals surface area contributed by atoms with Crippen molar-refractivity contribution in [1.29, 1.82) is 0 Å². The molecular formula is C23H30N2O. The van der Waals surface area contributed by atoms with E-state index in [9.17, 15) is 4.79 Å². The van der Waals surface area contributed by atoms with Crippen molar-refractivity contribution >= 4 is 5.91 Å². The van der Waals surface area contributed by atoms with Crippen LogP contribution in [0.3, 0.4) is 0 Å². The van der Waals surface area contributed by atoms with Gasteiger partial charge in [0.15, 0.2) is 0 Å². The average Bonchev–Trinajstić information content (AvgIpc) is 2.65. The Bertz CT molecular complexity index is 713. The number of piperidine rings is 1. The fraction of sp³-hybridized carbons (Fsp3) is 0.435. The minimum Gasteiger partial charge on any atom is -0.337 e. The summed E-state index contributed by atoms with van der Waals surface area (Å²) in [6.45, 7) is 8.39. The van der Waals surface area contributed by atoms with Gasteiger partial charge in [-0.2, -0.15) is 0 Å². The van der Waals surface area contributed by atoms with Crippen LogP contribution in [0.15, 0.2) is 48.5 Å². The number of amides is 1. The van der Waals surface area contributed by atoms with Crippen molar-refractivity contribution in [3.8, 4) is 0 Å². The smallest absolute Gasteiger partial charge is 0.253 e. The molecule has 3 nitrogen and oxygen atoms in total. The molecule has 138 valence electrons. The highest BCUT2D eigenvalue weighted by atomic mass is 16.2. The minimum absolute atomic E-state index is 0.0731. The first kappa shape index (κ1) is 18.7. The van der Waals surface area contributed by atoms with Crippen molar-refractivity contribution in [3.05, 3.63) is 70.8 Å². The van der Waals surface area contributed by atoms with E-state index in [1.54, 1.807) is 4.90 Å². The molecule has 1 amide bonds. The monoisotopic (exact) mass is 350 g/mol. The summed E-state index contributed by atoms with van der Waals surface area (Å²) in [4.78, 5) is 17.0. The molecular weight excluding hydrogens is 320 g/mol. The minimum atomic E-state index is 0.0731. The Labute approximate surface area is 157 Å². The summed E-state index contributed by atoms with van der Waals surface area (Å²) in [6.07, 6.45) is 2.58. The molecule has 0 aliphatic carbocycles. The molecule has 3 heteroatoms. The second-order valence-electron chi connectivity index (χ2n) is 7.80. The lowest BCUT2D eigenvalue weighted by atomic mass is 9.99. The lowest BCUT2D eigenvalue weighted by Gasteiger charge is -2.30. The third-order valence-corrected chi connectivity index (χ3v) is 5.37. The molecule has 2 aromatic rings. The predicted molar refractivity (Wildman–Crippen MR) is 107 cm³/mol. The summed E-state index contributed by atoms with van der Waals surface area (Å²) >= 11 is 0. The first-order chi connectivity index (χ1) is 12.5. The molecule has 0 unspecified atom stereocenters. The fourth-order valence-electron chi connectivity index (χ4n) is 3.49. The molecule has 1 aliphatic rings. The Morgan fingerprint density at radius 2 is 1.58 bits per heavy atom. The van der Waals surface area contributed by atoms with Crippen LogP contribution < -0.4 is 0 Å². The molecule has 0 aromatic heterocycles. The van der Waals surface area contributed by atoms with Gasteiger partial charge < -0.3 is 4.90 Å². The Morgan fingerprint density at radius 3 is 2.19 bits per heavy atom. The van der Waals surface area contributed by atoms with Gasteiger partial charge in [-0.25, -0.2) is 0 Å². The van der Waals surface area contributed by atoms with E-state index >= 15 is 0 Å². The Balaban J connectivity index is 1.56. The van der Waals surface area contributed by atoms with Crippen LogP contribution in [-0.4, -0.2) is 35.8 Å². The Kier molecular flexibility index (Phi) is 6.10. The van der Waals surface area contributed by atoms with Gasteiger partial charge >= 0.3 is 0 Å². The SMILES string of the molecule is Cc1ccc(CN(C)C(=O)c2ccc(CN3CCC(C)CC3)cc2)cc1. The van der Waals surface area contributed by atoms with Crippen molar-refractivity contribution in [2.75, 3.05) is 20.1 Å². The second kappa shape index (κ2) is 8.50. The van der Waals surface area contributed by atoms with Crippen molar-refractivity contribution in [3.63, 3.8) is 0 Å². The third kappa shape index (κ3) is 4.95. The summed E-state index contributed by atoms with van der Waals surface area (Å²) in [7, 11) is 1.87. The zero-order valence-corrected chi connectivity index (χ0v) is 16.2. The number of carbonyl (C=O) groups is 1. The van der Waals surface area contributed by atoms with E-state index in [1.165, 1.54) is 37.1 Å². The number of hydrogen-bond acceptors (Lipinski definition) is 2. The van der Waals surface area contributed by atoms with E-state index in [0.717, 1.165) is 23.6 Å². The van der Waals surface area contributed by atoms with Gasteiger partial charge in [-0.05, 0) is 62.0 Å². The molecule has 1 saturated heterocycles. The fourth-order valence-corrected chi connectivity index (χ4v) is 3.49. The molecule has 0 atom stereocenters. The van der Waals surface area contributed by atoms with Crippen molar-refractivity contribution in [2.24, 2.45) is 5.92 Å². The highest BCUT2D eigenvalue weighted by Crippen LogP contribution is 2.18. The summed E-state index contributed by atoms with van der Waals surface area (Å²) < 4.78 is 0. The molecule has 1 heterocycles. The lowest BCUT2D eigenvalue weighted by Crippen LogP contribution is -2.32. The van der Waals surface area contributed by atoms with Crippen molar-refractivity contribution < 1.29 is 4.79 Å². The average molecular weight is 351 g/mol. The molecule has 0 bridgehead atoms. The van der Waals surface area contributed by atoms with Gasteiger partial charge in [-0.15, -0.1) is 0 Å². The highest BCUT2D eigenvalue weighted by Gasteiger charge is 2.16. The summed E-state index contributed by atoms with van der Waals surface area (Å²) in [5.41, 5.74) is 4.44. The third-order valence-electron chi connectivity index (χ3n) is 5.37. The topological polar surface area (TPSA) is 23.6 Å². The molecule has 1 aliphatic heterocycles. The van der Waals surface area contributed by atoms with Crippen molar-refractivity contribution in [2.45, 2.75) is 39.8 Å². The van der Waals surface area contributed by atoms with Crippen molar-refractivity contribution in [1.82, 2.24) is 9.80 Å². The van der Waals surface area contributed by atoms with Crippen LogP contribution in [0.25, 0.3) is 0 Å². The maximum Gasteiger partial charge on any atom is 0.253 e. The van der Waals surface area contributed by atoms with Gasteiger partial charge in [0, 0.05) is 25.7 Å². The van der Waals surface area contributed by atoms with Crippen LogP contribution in [0.5, 0.6) is 0 Å². The normalized spacial score (nSPS) is 15.8. The Hall–Kier alpha value is -2.13. The molecule has 0 saturated carbocycles. The number of likely N-dealkylation sites (tertiary alicyclic amines) is 1. The number of nitrogens with zero attached hydrogens (tertiary/aromatic N) is 2. The lowest BCUT2D eigenvalue weighted by molar-refractivity contribution is 0.0785. The summed E-state index contributed by atoms with van der Waals surface area (Å²) in [6, 6.07) is 16.5. The van der Waals surface area contributed by atoms with Crippen LogP contribution >= 0.6 is 0 Å². The molecule has 3 rings (SSSR count). The van der Waals surface area contributed by atoms with Crippen LogP contribution in [0.1, 0.15) is 46.8 Å². The number of carbonyl (C=O) groups excluding carboxylic acids is 1. The van der Waals surface area contributed by atoms with Gasteiger partial charge in [0.1, 0.15) is 0 Å². The van der Waals surface area contributed by atoms with E-state index in [0.29, 0.717) is 6.54 Å². The van der Waals surface area contributed by atoms with E-state index < -0.39 is 0 Å². The number of aryl methyl sites for hydroxylation is 1. The molecule has 1 fully saturated rings. The summed E-state index contributed by atoms with van der Waals surface area (Å²) in [5, 5.41) is 0. The molecule has 2 aromatic carbocycles. The van der Waals surface area contributed by atoms with E-state index in [4.69, 9.17) is 0 Å². The van der Waals surface area contributed by atoms with E-state index in [2.05, 4.69) is 55.1 Å². The largest absolute Gasteiger partial charge is 0.337 e. The second-order valence-corrected chi connectivity index (χ2v) is 7.80. The first-order valence-corrected chi connectivity index (χ1v) is 9.63. The Morgan fingerprint density at radius 1 is 1.00 bits per heavy atom. The predicted octanol–water partition coefficient (Wildman–Crippen LogP) is 4.50. The van der Waals surface area contributed by atoms with E-state index in [1.807, 2.05) is 19.2 Å². The summed E-state index contributed by atoms with van der Waals surface area (Å²) in [5.74, 6) is 0.930. The van der Waals surface area contributed by atoms with Crippen LogP contribution in [-0.2, 0) is 13.1 Å². The van der Waals surface area contributed by atoms with E-state index in [-0.39, 0.29) is 5.91 Å². The highest BCUT2D eigenvalue weighted by molar-refractivity contribution is 5.94. The molecule has 26 heavy (non-hydrogen) atoms. The van der Waals surface area contributed by atoms with Crippen LogP contribution in [0, 0.1) is 12.8 Å². The van der Waals surface area contributed by atoms with Gasteiger partial charge in [-0.1, -0.05) is 48.9 Å². The number of hydrogen-bond donors (Lipinski definition) is 0. The molecule has 0 N–H and O–H groups in total. The van der Waals surface area contributed by atoms with Crippen LogP contribution in [0.4, 0.5) is 0 Å². The standard InChI is InChI=1S/C23H30N2O/c1-18-4-6-20(7-5-18)16-24(3)23(26)22-10-8-21(9-11-22)17-25-14-12-19(2)13-15-25/h4-11,19H,12-17H2,1-3H3. The van der Waals surface area contributed by atoms with Gasteiger partial charge in [0.25, 0.3) is 5.91 Å². The molecule has 0 spiro atoms. The van der Waals surface area contributed by atoms with Gasteiger partial charge in [-0.3, -0.25) is 9.69 Å². The zero-order valence-electron chi connectivity index (χ0n) is 16.2.